The lowest BCUT2D eigenvalue weighted by molar-refractivity contribution is -0.140. The molecule has 3 aromatic rings. The van der Waals surface area contributed by atoms with E-state index in [4.69, 9.17) is 23.2 Å². The van der Waals surface area contributed by atoms with Crippen molar-refractivity contribution in [1.82, 2.24) is 10.2 Å². The molecule has 0 unspecified atom stereocenters. The van der Waals surface area contributed by atoms with E-state index in [0.29, 0.717) is 6.42 Å². The Morgan fingerprint density at radius 2 is 1.55 bits per heavy atom. The molecule has 0 aliphatic carbocycles. The first kappa shape index (κ1) is 29.5. The second kappa shape index (κ2) is 12.7. The Balaban J connectivity index is 2.11. The highest BCUT2D eigenvalue weighted by Crippen LogP contribution is 2.30. The highest BCUT2D eigenvalue weighted by Gasteiger charge is 2.33. The Morgan fingerprint density at radius 3 is 2.11 bits per heavy atom. The van der Waals surface area contributed by atoms with Gasteiger partial charge in [-0.1, -0.05) is 72.1 Å². The maximum Gasteiger partial charge on any atom is 0.264 e. The fraction of sp³-hybridized carbons (Fsp3) is 0.286. The van der Waals surface area contributed by atoms with Crippen molar-refractivity contribution in [2.45, 2.75) is 44.7 Å². The number of likely N-dealkylation sites (N-methyl/N-ethyl adjacent to an activating group) is 1. The summed E-state index contributed by atoms with van der Waals surface area (Å²) in [5.74, 6) is -0.885. The predicted molar refractivity (Wildman–Crippen MR) is 152 cm³/mol. The van der Waals surface area contributed by atoms with Crippen LogP contribution in [0.2, 0.25) is 10.0 Å². The van der Waals surface area contributed by atoms with E-state index >= 15 is 0 Å². The summed E-state index contributed by atoms with van der Waals surface area (Å²) in [6.07, 6.45) is 0.338. The third kappa shape index (κ3) is 6.87. The molecular weight excluding hydrogens is 545 g/mol. The highest BCUT2D eigenvalue weighted by molar-refractivity contribution is 7.92. The van der Waals surface area contributed by atoms with Gasteiger partial charge in [-0.05, 0) is 61.7 Å². The number of halogens is 2. The summed E-state index contributed by atoms with van der Waals surface area (Å²) in [6, 6.07) is 17.4. The molecule has 0 bridgehead atoms. The van der Waals surface area contributed by atoms with Gasteiger partial charge < -0.3 is 10.2 Å². The summed E-state index contributed by atoms with van der Waals surface area (Å²) in [5.41, 5.74) is 2.82. The summed E-state index contributed by atoms with van der Waals surface area (Å²) in [6.45, 7) is 5.14. The maximum absolute atomic E-state index is 13.9. The molecule has 10 heteroatoms. The van der Waals surface area contributed by atoms with Crippen molar-refractivity contribution in [3.63, 3.8) is 0 Å². The fourth-order valence-electron chi connectivity index (χ4n) is 4.11. The van der Waals surface area contributed by atoms with Crippen LogP contribution in [-0.4, -0.2) is 44.8 Å². The monoisotopic (exact) mass is 575 g/mol. The first-order chi connectivity index (χ1) is 18.0. The van der Waals surface area contributed by atoms with Crippen molar-refractivity contribution in [3.05, 3.63) is 93.5 Å². The number of aryl methyl sites for hydroxylation is 2. The van der Waals surface area contributed by atoms with Gasteiger partial charge in [-0.2, -0.15) is 0 Å². The molecule has 1 atom stereocenters. The van der Waals surface area contributed by atoms with Crippen LogP contribution in [0.5, 0.6) is 0 Å². The Bertz CT molecular complexity index is 1390. The van der Waals surface area contributed by atoms with Crippen molar-refractivity contribution < 1.29 is 18.0 Å². The summed E-state index contributed by atoms with van der Waals surface area (Å²) in [7, 11) is -2.70. The average molecular weight is 577 g/mol. The number of nitrogens with one attached hydrogen (secondary N) is 1. The highest BCUT2D eigenvalue weighted by atomic mass is 35.5. The molecule has 0 saturated heterocycles. The normalized spacial score (nSPS) is 12.1. The van der Waals surface area contributed by atoms with Crippen molar-refractivity contribution >= 4 is 50.7 Å². The predicted octanol–water partition coefficient (Wildman–Crippen LogP) is 5.36. The number of sulfonamides is 1. The van der Waals surface area contributed by atoms with Crippen LogP contribution in [-0.2, 0) is 26.2 Å². The van der Waals surface area contributed by atoms with Gasteiger partial charge in [0.05, 0.1) is 10.6 Å². The largest absolute Gasteiger partial charge is 0.357 e. The number of nitrogens with zero attached hydrogens (tertiary/aromatic N) is 2. The number of carbonyl (C=O) groups is 2. The van der Waals surface area contributed by atoms with Crippen molar-refractivity contribution in [1.29, 1.82) is 0 Å². The van der Waals surface area contributed by atoms with Crippen LogP contribution < -0.4 is 9.62 Å². The molecular formula is C28H31Cl2N3O4S. The second-order valence-electron chi connectivity index (χ2n) is 8.94. The molecule has 2 amide bonds. The second-order valence-corrected chi connectivity index (χ2v) is 11.7. The van der Waals surface area contributed by atoms with E-state index in [0.717, 1.165) is 21.0 Å². The molecule has 0 spiro atoms. The third-order valence-corrected chi connectivity index (χ3v) is 8.48. The summed E-state index contributed by atoms with van der Waals surface area (Å²) < 4.78 is 28.7. The molecule has 0 radical (unpaired) electrons. The van der Waals surface area contributed by atoms with Gasteiger partial charge >= 0.3 is 0 Å². The van der Waals surface area contributed by atoms with Crippen molar-refractivity contribution in [2.24, 2.45) is 0 Å². The van der Waals surface area contributed by atoms with Gasteiger partial charge in [0.2, 0.25) is 11.8 Å². The molecule has 0 aliphatic heterocycles. The number of amides is 2. The Labute approximate surface area is 234 Å². The fourth-order valence-corrected chi connectivity index (χ4v) is 6.02. The van der Waals surface area contributed by atoms with Gasteiger partial charge in [-0.3, -0.25) is 13.9 Å². The SMILES string of the molecule is CC[C@@H](C(=O)NC)N(Cc1ccccc1C)C(=O)CN(c1cc(Cl)cc(Cl)c1)S(=O)(=O)c1ccc(C)cc1. The standard InChI is InChI=1S/C28H31Cl2N3O4S/c1-5-26(28(35)31-4)32(17-21-9-7-6-8-20(21)3)27(34)18-33(24-15-22(29)14-23(30)16-24)38(36,37)25-12-10-19(2)11-13-25/h6-16,26H,5,17-18H2,1-4H3,(H,31,35)/t26-/m0/s1. The zero-order valence-corrected chi connectivity index (χ0v) is 24.1. The van der Waals surface area contributed by atoms with Gasteiger partial charge in [0, 0.05) is 23.6 Å². The lowest BCUT2D eigenvalue weighted by atomic mass is 10.1. The molecule has 1 N–H and O–H groups in total. The van der Waals surface area contributed by atoms with Gasteiger partial charge in [0.15, 0.2) is 0 Å². The quantitative estimate of drug-likeness (QED) is 0.352. The average Bonchev–Trinajstić information content (AvgIpc) is 2.87. The molecule has 0 aromatic heterocycles. The molecule has 7 nitrogen and oxygen atoms in total. The first-order valence-corrected chi connectivity index (χ1v) is 14.3. The minimum absolute atomic E-state index is 0.00999. The number of hydrogen-bond donors (Lipinski definition) is 1. The Hall–Kier alpha value is -3.07. The number of anilines is 1. The minimum atomic E-state index is -4.20. The van der Waals surface area contributed by atoms with Crippen LogP contribution in [0.4, 0.5) is 5.69 Å². The summed E-state index contributed by atoms with van der Waals surface area (Å²) in [4.78, 5) is 28.2. The molecule has 202 valence electrons. The molecule has 0 heterocycles. The minimum Gasteiger partial charge on any atom is -0.357 e. The third-order valence-electron chi connectivity index (χ3n) is 6.26. The number of carbonyl (C=O) groups excluding carboxylic acids is 2. The molecule has 3 aromatic carbocycles. The zero-order valence-electron chi connectivity index (χ0n) is 21.7. The van der Waals surface area contributed by atoms with E-state index in [9.17, 15) is 18.0 Å². The number of hydrogen-bond acceptors (Lipinski definition) is 4. The van der Waals surface area contributed by atoms with Crippen LogP contribution in [0.25, 0.3) is 0 Å². The first-order valence-electron chi connectivity index (χ1n) is 12.1. The molecule has 3 rings (SSSR count). The van der Waals surface area contributed by atoms with Crippen LogP contribution in [0, 0.1) is 13.8 Å². The molecule has 38 heavy (non-hydrogen) atoms. The Kier molecular flexibility index (Phi) is 9.82. The smallest absolute Gasteiger partial charge is 0.264 e. The van der Waals surface area contributed by atoms with E-state index in [2.05, 4.69) is 5.32 Å². The van der Waals surface area contributed by atoms with Gasteiger partial charge in [0.1, 0.15) is 12.6 Å². The zero-order chi connectivity index (χ0) is 28.0. The Morgan fingerprint density at radius 1 is 0.947 bits per heavy atom. The lowest BCUT2D eigenvalue weighted by Crippen LogP contribution is -2.51. The van der Waals surface area contributed by atoms with E-state index in [-0.39, 0.29) is 33.1 Å². The number of benzene rings is 3. The lowest BCUT2D eigenvalue weighted by Gasteiger charge is -2.33. The molecule has 0 fully saturated rings. The van der Waals surface area contributed by atoms with Crippen LogP contribution in [0.1, 0.15) is 30.0 Å². The van der Waals surface area contributed by atoms with Crippen LogP contribution in [0.15, 0.2) is 71.6 Å². The van der Waals surface area contributed by atoms with Gasteiger partial charge in [-0.25, -0.2) is 8.42 Å². The van der Waals surface area contributed by atoms with Crippen LogP contribution >= 0.6 is 23.2 Å². The van der Waals surface area contributed by atoms with Gasteiger partial charge in [-0.15, -0.1) is 0 Å². The topological polar surface area (TPSA) is 86.8 Å². The molecule has 0 aliphatic rings. The van der Waals surface area contributed by atoms with E-state index in [1.807, 2.05) is 38.1 Å². The van der Waals surface area contributed by atoms with E-state index in [1.165, 1.54) is 42.3 Å². The maximum atomic E-state index is 13.9. The van der Waals surface area contributed by atoms with Crippen molar-refractivity contribution in [3.8, 4) is 0 Å². The molecule has 0 saturated carbocycles. The van der Waals surface area contributed by atoms with E-state index < -0.39 is 28.5 Å². The van der Waals surface area contributed by atoms with E-state index in [1.54, 1.807) is 19.1 Å². The summed E-state index contributed by atoms with van der Waals surface area (Å²) in [5, 5.41) is 3.05. The summed E-state index contributed by atoms with van der Waals surface area (Å²) >= 11 is 12.4. The van der Waals surface area contributed by atoms with Gasteiger partial charge in [0.25, 0.3) is 10.0 Å². The number of rotatable bonds is 10. The van der Waals surface area contributed by atoms with Crippen molar-refractivity contribution in [2.75, 3.05) is 17.9 Å². The van der Waals surface area contributed by atoms with Crippen LogP contribution in [0.3, 0.4) is 0 Å².